The van der Waals surface area contributed by atoms with E-state index in [2.05, 4.69) is 4.99 Å². The Hall–Kier alpha value is -3.79. The first-order valence-corrected chi connectivity index (χ1v) is 10.3. The first-order chi connectivity index (χ1) is 15.3. The molecule has 166 valence electrons. The first-order valence-electron chi connectivity index (χ1n) is 9.49. The zero-order valence-electron chi connectivity index (χ0n) is 17.3. The molecule has 1 fully saturated rings. The summed E-state index contributed by atoms with van der Waals surface area (Å²) in [6.07, 6.45) is 1.68. The van der Waals surface area contributed by atoms with Crippen LogP contribution in [0.5, 0.6) is 11.5 Å². The third-order valence-corrected chi connectivity index (χ3v) is 5.32. The highest BCUT2D eigenvalue weighted by atomic mass is 32.2. The van der Waals surface area contributed by atoms with Gasteiger partial charge in [-0.3, -0.25) is 9.69 Å². The van der Waals surface area contributed by atoms with Crippen LogP contribution >= 0.6 is 11.8 Å². The van der Waals surface area contributed by atoms with Crippen LogP contribution in [-0.4, -0.2) is 58.4 Å². The maximum atomic E-state index is 12.7. The molecule has 1 saturated heterocycles. The van der Waals surface area contributed by atoms with Gasteiger partial charge in [0.05, 0.1) is 22.8 Å². The van der Waals surface area contributed by atoms with Crippen molar-refractivity contribution >= 4 is 46.5 Å². The molecule has 32 heavy (non-hydrogen) atoms. The van der Waals surface area contributed by atoms with Crippen molar-refractivity contribution in [2.24, 2.45) is 4.99 Å². The number of hydrogen-bond donors (Lipinski definition) is 2. The molecule has 0 spiro atoms. The molecule has 0 bridgehead atoms. The Labute approximate surface area is 188 Å². The van der Waals surface area contributed by atoms with Gasteiger partial charge in [-0.1, -0.05) is 6.07 Å². The average molecular weight is 456 g/mol. The zero-order valence-corrected chi connectivity index (χ0v) is 18.1. The average Bonchev–Trinajstić information content (AvgIpc) is 3.01. The van der Waals surface area contributed by atoms with Crippen LogP contribution in [0.1, 0.15) is 22.8 Å². The summed E-state index contributed by atoms with van der Waals surface area (Å²) >= 11 is 1.19. The minimum atomic E-state index is -1.10. The maximum Gasteiger partial charge on any atom is 0.341 e. The van der Waals surface area contributed by atoms with E-state index >= 15 is 0 Å². The van der Waals surface area contributed by atoms with Gasteiger partial charge >= 0.3 is 11.9 Å². The number of aliphatic imine (C=N–C) groups is 1. The minimum absolute atomic E-state index is 0.152. The highest BCUT2D eigenvalue weighted by Gasteiger charge is 2.30. The van der Waals surface area contributed by atoms with Gasteiger partial charge in [0.2, 0.25) is 0 Å². The standard InChI is InChI=1S/C22H20N2O7S/c1-3-30-17-10-13(4-9-16(17)31-12-19(25)26)11-18-20(27)24(2)22(32-18)23-15-7-5-14(6-8-15)21(28)29/h4-11H,3,12H2,1-2H3,(H,25,26)(H,28,29)/b18-11-,23-22?. The minimum Gasteiger partial charge on any atom is -0.490 e. The predicted octanol–water partition coefficient (Wildman–Crippen LogP) is 3.48. The van der Waals surface area contributed by atoms with E-state index in [1.165, 1.54) is 28.8 Å². The van der Waals surface area contributed by atoms with Crippen LogP contribution in [-0.2, 0) is 9.59 Å². The Morgan fingerprint density at radius 2 is 1.81 bits per heavy atom. The number of amidine groups is 1. The van der Waals surface area contributed by atoms with E-state index in [0.29, 0.717) is 39.4 Å². The van der Waals surface area contributed by atoms with Crippen molar-refractivity contribution in [2.45, 2.75) is 6.92 Å². The van der Waals surface area contributed by atoms with Gasteiger partial charge < -0.3 is 19.7 Å². The van der Waals surface area contributed by atoms with Crippen molar-refractivity contribution in [3.8, 4) is 11.5 Å². The smallest absolute Gasteiger partial charge is 0.341 e. The van der Waals surface area contributed by atoms with Crippen LogP contribution in [0, 0.1) is 0 Å². The number of aromatic carboxylic acids is 1. The summed E-state index contributed by atoms with van der Waals surface area (Å²) in [5.74, 6) is -1.69. The number of hydrogen-bond acceptors (Lipinski definition) is 7. The van der Waals surface area contributed by atoms with Gasteiger partial charge in [0, 0.05) is 7.05 Å². The van der Waals surface area contributed by atoms with E-state index in [1.54, 1.807) is 50.4 Å². The molecule has 10 heteroatoms. The van der Waals surface area contributed by atoms with Gasteiger partial charge in [-0.15, -0.1) is 0 Å². The Morgan fingerprint density at radius 1 is 1.09 bits per heavy atom. The SMILES string of the molecule is CCOc1cc(/C=C2\SC(=Nc3ccc(C(=O)O)cc3)N(C)C2=O)ccc1OCC(=O)O. The van der Waals surface area contributed by atoms with Crippen molar-refractivity contribution in [3.05, 3.63) is 58.5 Å². The van der Waals surface area contributed by atoms with Crippen LogP contribution in [0.25, 0.3) is 6.08 Å². The molecule has 9 nitrogen and oxygen atoms in total. The Bertz CT molecular complexity index is 1110. The molecule has 0 saturated carbocycles. The Kier molecular flexibility index (Phi) is 7.16. The monoisotopic (exact) mass is 456 g/mol. The van der Waals surface area contributed by atoms with Crippen LogP contribution in [0.3, 0.4) is 0 Å². The van der Waals surface area contributed by atoms with Crippen molar-refractivity contribution < 1.29 is 34.1 Å². The lowest BCUT2D eigenvalue weighted by Gasteiger charge is -2.11. The number of carboxylic acids is 2. The van der Waals surface area contributed by atoms with Gasteiger partial charge in [0.25, 0.3) is 5.91 Å². The number of ether oxygens (including phenoxy) is 2. The van der Waals surface area contributed by atoms with E-state index in [1.807, 2.05) is 0 Å². The molecule has 0 radical (unpaired) electrons. The quantitative estimate of drug-likeness (QED) is 0.578. The zero-order chi connectivity index (χ0) is 23.3. The second-order valence-electron chi connectivity index (χ2n) is 6.54. The predicted molar refractivity (Wildman–Crippen MR) is 120 cm³/mol. The molecular formula is C22H20N2O7S. The molecule has 3 rings (SSSR count). The van der Waals surface area contributed by atoms with E-state index in [4.69, 9.17) is 19.7 Å². The van der Waals surface area contributed by atoms with Gasteiger partial charge in [-0.25, -0.2) is 14.6 Å². The van der Waals surface area contributed by atoms with Crippen molar-refractivity contribution in [3.63, 3.8) is 0 Å². The highest BCUT2D eigenvalue weighted by molar-refractivity contribution is 8.18. The van der Waals surface area contributed by atoms with E-state index < -0.39 is 18.5 Å². The lowest BCUT2D eigenvalue weighted by atomic mass is 10.2. The normalized spacial score (nSPS) is 15.9. The Morgan fingerprint density at radius 3 is 2.44 bits per heavy atom. The largest absolute Gasteiger partial charge is 0.490 e. The number of benzene rings is 2. The molecule has 2 N–H and O–H groups in total. The number of carbonyl (C=O) groups excluding carboxylic acids is 1. The van der Waals surface area contributed by atoms with Gasteiger partial charge in [-0.05, 0) is 66.7 Å². The summed E-state index contributed by atoms with van der Waals surface area (Å²) in [4.78, 5) is 40.7. The molecule has 1 heterocycles. The molecule has 1 amide bonds. The lowest BCUT2D eigenvalue weighted by molar-refractivity contribution is -0.139. The number of nitrogens with zero attached hydrogens (tertiary/aromatic N) is 2. The summed E-state index contributed by atoms with van der Waals surface area (Å²) in [7, 11) is 1.61. The molecule has 2 aromatic rings. The van der Waals surface area contributed by atoms with Gasteiger partial charge in [0.15, 0.2) is 23.3 Å². The molecule has 2 aromatic carbocycles. The Balaban J connectivity index is 1.83. The van der Waals surface area contributed by atoms with Crippen molar-refractivity contribution in [1.29, 1.82) is 0 Å². The van der Waals surface area contributed by atoms with Crippen LogP contribution in [0.2, 0.25) is 0 Å². The highest BCUT2D eigenvalue weighted by Crippen LogP contribution is 2.35. The molecule has 1 aliphatic rings. The maximum absolute atomic E-state index is 12.7. The number of thioether (sulfide) groups is 1. The summed E-state index contributed by atoms with van der Waals surface area (Å²) in [5, 5.41) is 18.3. The number of likely N-dealkylation sites (N-methyl/N-ethyl adjacent to an activating group) is 1. The van der Waals surface area contributed by atoms with E-state index in [0.717, 1.165) is 0 Å². The van der Waals surface area contributed by atoms with Crippen molar-refractivity contribution in [1.82, 2.24) is 4.90 Å². The first kappa shape index (κ1) is 22.9. The fraction of sp³-hybridized carbons (Fsp3) is 0.182. The van der Waals surface area contributed by atoms with Crippen molar-refractivity contribution in [2.75, 3.05) is 20.3 Å². The number of carboxylic acid groups (broad SMARTS) is 2. The van der Waals surface area contributed by atoms with Crippen LogP contribution in [0.15, 0.2) is 52.4 Å². The second-order valence-corrected chi connectivity index (χ2v) is 7.55. The van der Waals surface area contributed by atoms with E-state index in [9.17, 15) is 14.4 Å². The van der Waals surface area contributed by atoms with Gasteiger partial charge in [0.1, 0.15) is 0 Å². The summed E-state index contributed by atoms with van der Waals surface area (Å²) in [6.45, 7) is 1.66. The summed E-state index contributed by atoms with van der Waals surface area (Å²) < 4.78 is 10.8. The topological polar surface area (TPSA) is 126 Å². The lowest BCUT2D eigenvalue weighted by Crippen LogP contribution is -2.23. The van der Waals surface area contributed by atoms with Crippen LogP contribution in [0.4, 0.5) is 5.69 Å². The molecule has 0 unspecified atom stereocenters. The molecule has 0 aromatic heterocycles. The fourth-order valence-electron chi connectivity index (χ4n) is 2.73. The molecule has 0 aliphatic carbocycles. The third-order valence-electron chi connectivity index (χ3n) is 4.26. The van der Waals surface area contributed by atoms with Gasteiger partial charge in [-0.2, -0.15) is 0 Å². The molecule has 0 atom stereocenters. The van der Waals surface area contributed by atoms with E-state index in [-0.39, 0.29) is 11.5 Å². The molecular weight excluding hydrogens is 436 g/mol. The summed E-state index contributed by atoms with van der Waals surface area (Å²) in [5.41, 5.74) is 1.35. The number of aliphatic carboxylic acids is 1. The number of rotatable bonds is 8. The molecule has 1 aliphatic heterocycles. The third kappa shape index (κ3) is 5.46. The second kappa shape index (κ2) is 10.0. The number of carbonyl (C=O) groups is 3. The summed E-state index contributed by atoms with van der Waals surface area (Å²) in [6, 6.07) is 11.0. The van der Waals surface area contributed by atoms with Crippen LogP contribution < -0.4 is 9.47 Å². The number of amides is 1. The fourth-order valence-corrected chi connectivity index (χ4v) is 3.72.